The molecule has 0 unspecified atom stereocenters. The summed E-state index contributed by atoms with van der Waals surface area (Å²) in [6.45, 7) is 2.42. The lowest BCUT2D eigenvalue weighted by molar-refractivity contribution is 0.0521. The number of halogens is 1. The topological polar surface area (TPSA) is 61.5 Å². The highest BCUT2D eigenvalue weighted by Gasteiger charge is 2.14. The molecule has 2 aromatic carbocycles. The third-order valence-corrected chi connectivity index (χ3v) is 3.28. The van der Waals surface area contributed by atoms with Crippen molar-refractivity contribution in [3.63, 3.8) is 0 Å². The maximum Gasteiger partial charge on any atom is 0.341 e. The van der Waals surface area contributed by atoms with Crippen molar-refractivity contribution in [2.45, 2.75) is 13.5 Å². The van der Waals surface area contributed by atoms with Crippen LogP contribution in [0.1, 0.15) is 22.8 Å². The highest BCUT2D eigenvalue weighted by molar-refractivity contribution is 9.10. The molecule has 110 valence electrons. The Balaban J connectivity index is 2.18. The molecule has 0 aliphatic carbocycles. The number of benzene rings is 2. The van der Waals surface area contributed by atoms with E-state index in [0.29, 0.717) is 30.2 Å². The van der Waals surface area contributed by atoms with E-state index in [2.05, 4.69) is 15.9 Å². The van der Waals surface area contributed by atoms with Crippen molar-refractivity contribution in [3.05, 3.63) is 58.1 Å². The van der Waals surface area contributed by atoms with Gasteiger partial charge in [0, 0.05) is 16.2 Å². The average molecular weight is 350 g/mol. The fourth-order valence-electron chi connectivity index (χ4n) is 1.82. The number of hydrogen-bond acceptors (Lipinski definition) is 4. The normalized spacial score (nSPS) is 10.2. The van der Waals surface area contributed by atoms with Gasteiger partial charge in [-0.2, -0.15) is 0 Å². The second-order valence-corrected chi connectivity index (χ2v) is 5.31. The molecule has 5 heteroatoms. The van der Waals surface area contributed by atoms with Gasteiger partial charge in [0.05, 0.1) is 6.61 Å². The van der Waals surface area contributed by atoms with Gasteiger partial charge < -0.3 is 15.2 Å². The van der Waals surface area contributed by atoms with E-state index in [1.807, 2.05) is 24.3 Å². The SMILES string of the molecule is CCOC(=O)c1ccc(N)cc1OCc1cccc(Br)c1. The van der Waals surface area contributed by atoms with Crippen molar-refractivity contribution in [2.75, 3.05) is 12.3 Å². The van der Waals surface area contributed by atoms with Gasteiger partial charge in [-0.1, -0.05) is 28.1 Å². The summed E-state index contributed by atoms with van der Waals surface area (Å²) < 4.78 is 11.7. The molecule has 0 amide bonds. The molecule has 0 radical (unpaired) electrons. The summed E-state index contributed by atoms with van der Waals surface area (Å²) in [5.74, 6) is 0.00941. The number of rotatable bonds is 5. The van der Waals surface area contributed by atoms with Gasteiger partial charge in [-0.25, -0.2) is 4.79 Å². The highest BCUT2D eigenvalue weighted by Crippen LogP contribution is 2.24. The number of carbonyl (C=O) groups excluding carboxylic acids is 1. The molecule has 0 saturated heterocycles. The van der Waals surface area contributed by atoms with Crippen LogP contribution in [0.4, 0.5) is 5.69 Å². The number of anilines is 1. The van der Waals surface area contributed by atoms with Gasteiger partial charge in [-0.3, -0.25) is 0 Å². The first-order chi connectivity index (χ1) is 10.1. The van der Waals surface area contributed by atoms with E-state index >= 15 is 0 Å². The van der Waals surface area contributed by atoms with Crippen LogP contribution in [0.15, 0.2) is 46.9 Å². The maximum atomic E-state index is 11.9. The molecule has 0 atom stereocenters. The highest BCUT2D eigenvalue weighted by atomic mass is 79.9. The maximum absolute atomic E-state index is 11.9. The summed E-state index contributed by atoms with van der Waals surface area (Å²) in [6.07, 6.45) is 0. The molecule has 0 aromatic heterocycles. The Morgan fingerprint density at radius 2 is 2.05 bits per heavy atom. The summed E-state index contributed by atoms with van der Waals surface area (Å²) in [6, 6.07) is 12.7. The van der Waals surface area contributed by atoms with E-state index in [0.717, 1.165) is 10.0 Å². The van der Waals surface area contributed by atoms with Crippen LogP contribution in [0.2, 0.25) is 0 Å². The van der Waals surface area contributed by atoms with Crippen molar-refractivity contribution in [3.8, 4) is 5.75 Å². The zero-order chi connectivity index (χ0) is 15.2. The molecule has 2 rings (SSSR count). The Labute approximate surface area is 132 Å². The zero-order valence-electron chi connectivity index (χ0n) is 11.6. The number of nitrogen functional groups attached to an aromatic ring is 1. The molecule has 0 saturated carbocycles. The fourth-order valence-corrected chi connectivity index (χ4v) is 2.27. The number of nitrogens with two attached hydrogens (primary N) is 1. The smallest absolute Gasteiger partial charge is 0.341 e. The van der Waals surface area contributed by atoms with Crippen LogP contribution in [0.25, 0.3) is 0 Å². The predicted molar refractivity (Wildman–Crippen MR) is 85.3 cm³/mol. The van der Waals surface area contributed by atoms with Crippen molar-refractivity contribution >= 4 is 27.6 Å². The molecule has 0 bridgehead atoms. The Morgan fingerprint density at radius 3 is 2.76 bits per heavy atom. The van der Waals surface area contributed by atoms with E-state index in [1.54, 1.807) is 25.1 Å². The minimum Gasteiger partial charge on any atom is -0.488 e. The van der Waals surface area contributed by atoms with Gasteiger partial charge in [-0.15, -0.1) is 0 Å². The van der Waals surface area contributed by atoms with Crippen LogP contribution in [0, 0.1) is 0 Å². The van der Waals surface area contributed by atoms with Gasteiger partial charge in [0.25, 0.3) is 0 Å². The lowest BCUT2D eigenvalue weighted by Crippen LogP contribution is -2.08. The summed E-state index contributed by atoms with van der Waals surface area (Å²) >= 11 is 3.41. The molecule has 4 nitrogen and oxygen atoms in total. The van der Waals surface area contributed by atoms with Crippen LogP contribution in [-0.4, -0.2) is 12.6 Å². The van der Waals surface area contributed by atoms with Crippen LogP contribution in [0.5, 0.6) is 5.75 Å². The van der Waals surface area contributed by atoms with Gasteiger partial charge in [0.15, 0.2) is 0 Å². The van der Waals surface area contributed by atoms with Crippen LogP contribution in [0.3, 0.4) is 0 Å². The van der Waals surface area contributed by atoms with Crippen LogP contribution in [-0.2, 0) is 11.3 Å². The number of carbonyl (C=O) groups is 1. The predicted octanol–water partition coefficient (Wildman–Crippen LogP) is 3.79. The average Bonchev–Trinajstić information content (AvgIpc) is 2.45. The summed E-state index contributed by atoms with van der Waals surface area (Å²) in [7, 11) is 0. The molecule has 0 aliphatic rings. The molecule has 0 spiro atoms. The molecular weight excluding hydrogens is 334 g/mol. The summed E-state index contributed by atoms with van der Waals surface area (Å²) in [4.78, 5) is 11.9. The number of hydrogen-bond donors (Lipinski definition) is 1. The third-order valence-electron chi connectivity index (χ3n) is 2.78. The van der Waals surface area contributed by atoms with E-state index < -0.39 is 5.97 Å². The standard InChI is InChI=1S/C16H16BrNO3/c1-2-20-16(19)14-7-6-13(18)9-15(14)21-10-11-4-3-5-12(17)8-11/h3-9H,2,10,18H2,1H3. The molecule has 0 fully saturated rings. The van der Waals surface area contributed by atoms with Gasteiger partial charge in [0.1, 0.15) is 17.9 Å². The van der Waals surface area contributed by atoms with Gasteiger partial charge >= 0.3 is 5.97 Å². The van der Waals surface area contributed by atoms with E-state index in [-0.39, 0.29) is 0 Å². The molecular formula is C16H16BrNO3. The summed E-state index contributed by atoms with van der Waals surface area (Å²) in [5, 5.41) is 0. The number of esters is 1. The van der Waals surface area contributed by atoms with E-state index in [4.69, 9.17) is 15.2 Å². The second-order valence-electron chi connectivity index (χ2n) is 4.39. The van der Waals surface area contributed by atoms with Crippen LogP contribution < -0.4 is 10.5 Å². The van der Waals surface area contributed by atoms with Gasteiger partial charge in [0.2, 0.25) is 0 Å². The zero-order valence-corrected chi connectivity index (χ0v) is 13.2. The monoisotopic (exact) mass is 349 g/mol. The Morgan fingerprint density at radius 1 is 1.24 bits per heavy atom. The van der Waals surface area contributed by atoms with E-state index in [1.165, 1.54) is 0 Å². The molecule has 21 heavy (non-hydrogen) atoms. The first-order valence-electron chi connectivity index (χ1n) is 6.54. The lowest BCUT2D eigenvalue weighted by Gasteiger charge is -2.12. The molecule has 0 aliphatic heterocycles. The minimum absolute atomic E-state index is 0.314. The quantitative estimate of drug-likeness (QED) is 0.658. The fraction of sp³-hybridized carbons (Fsp3) is 0.188. The number of ether oxygens (including phenoxy) is 2. The Bertz CT molecular complexity index is 643. The van der Waals surface area contributed by atoms with Crippen molar-refractivity contribution in [1.29, 1.82) is 0 Å². The minimum atomic E-state index is -0.415. The first-order valence-corrected chi connectivity index (χ1v) is 7.33. The molecule has 0 heterocycles. The van der Waals surface area contributed by atoms with Crippen molar-refractivity contribution < 1.29 is 14.3 Å². The third kappa shape index (κ3) is 4.23. The van der Waals surface area contributed by atoms with Crippen molar-refractivity contribution in [1.82, 2.24) is 0 Å². The lowest BCUT2D eigenvalue weighted by atomic mass is 10.2. The van der Waals surface area contributed by atoms with Crippen molar-refractivity contribution in [2.24, 2.45) is 0 Å². The largest absolute Gasteiger partial charge is 0.488 e. The Kier molecular flexibility index (Phi) is 5.22. The summed E-state index contributed by atoms with van der Waals surface area (Å²) in [5.41, 5.74) is 7.65. The molecule has 2 aromatic rings. The van der Waals surface area contributed by atoms with E-state index in [9.17, 15) is 4.79 Å². The van der Waals surface area contributed by atoms with Crippen LogP contribution >= 0.6 is 15.9 Å². The molecule has 2 N–H and O–H groups in total. The second kappa shape index (κ2) is 7.13. The Hall–Kier alpha value is -2.01. The van der Waals surface area contributed by atoms with Gasteiger partial charge in [-0.05, 0) is 36.8 Å². The first kappa shape index (κ1) is 15.4.